The van der Waals surface area contributed by atoms with Gasteiger partial charge in [-0.25, -0.2) is 4.79 Å². The Labute approximate surface area is 87.6 Å². The molecule has 1 rings (SSSR count). The van der Waals surface area contributed by atoms with Gasteiger partial charge in [0.15, 0.2) is 0 Å². The average Bonchev–Trinajstić information content (AvgIpc) is 2.19. The van der Waals surface area contributed by atoms with Crippen LogP contribution in [-0.4, -0.2) is 21.8 Å². The highest BCUT2D eigenvalue weighted by atomic mass is 32.2. The monoisotopic (exact) mass is 211 g/mol. The first kappa shape index (κ1) is 11.0. The largest absolute Gasteiger partial charge is 0.478 e. The van der Waals surface area contributed by atoms with Crippen molar-refractivity contribution in [1.29, 1.82) is 0 Å². The van der Waals surface area contributed by atoms with Gasteiger partial charge in [0.2, 0.25) is 0 Å². The Bertz CT molecular complexity index is 297. The van der Waals surface area contributed by atoms with Crippen LogP contribution in [0.25, 0.3) is 0 Å². The number of nitrogens with zero attached hydrogens (tertiary/aromatic N) is 1. The van der Waals surface area contributed by atoms with Crippen molar-refractivity contribution in [2.45, 2.75) is 19.1 Å². The number of rotatable bonds is 5. The number of carbonyl (C=O) groups is 1. The first-order chi connectivity index (χ1) is 6.74. The molecule has 0 aliphatic rings. The molecule has 0 aliphatic heterocycles. The zero-order valence-corrected chi connectivity index (χ0v) is 8.88. The molecular weight excluding hydrogens is 198 g/mol. The summed E-state index contributed by atoms with van der Waals surface area (Å²) < 4.78 is 0. The molecule has 0 radical (unpaired) electrons. The van der Waals surface area contributed by atoms with E-state index in [1.165, 1.54) is 6.20 Å². The van der Waals surface area contributed by atoms with Crippen LogP contribution in [0.3, 0.4) is 0 Å². The van der Waals surface area contributed by atoms with Gasteiger partial charge in [0.25, 0.3) is 0 Å². The van der Waals surface area contributed by atoms with Crippen molar-refractivity contribution in [3.05, 3.63) is 29.6 Å². The molecule has 0 saturated heterocycles. The van der Waals surface area contributed by atoms with E-state index in [-0.39, 0.29) is 5.56 Å². The Morgan fingerprint density at radius 3 is 2.86 bits per heavy atom. The average molecular weight is 211 g/mol. The van der Waals surface area contributed by atoms with Crippen LogP contribution in [0.4, 0.5) is 0 Å². The van der Waals surface area contributed by atoms with E-state index in [0.717, 1.165) is 23.6 Å². The summed E-state index contributed by atoms with van der Waals surface area (Å²) in [6.45, 7) is 2.13. The van der Waals surface area contributed by atoms with E-state index in [9.17, 15) is 4.79 Å². The number of aromatic nitrogens is 1. The molecule has 1 aromatic rings. The van der Waals surface area contributed by atoms with E-state index < -0.39 is 5.97 Å². The molecule has 0 aliphatic carbocycles. The number of aromatic carboxylic acids is 1. The van der Waals surface area contributed by atoms with E-state index in [0.29, 0.717) is 0 Å². The van der Waals surface area contributed by atoms with Crippen molar-refractivity contribution < 1.29 is 9.90 Å². The van der Waals surface area contributed by atoms with Crippen LogP contribution in [0.5, 0.6) is 0 Å². The maximum atomic E-state index is 10.5. The molecule has 0 bridgehead atoms. The van der Waals surface area contributed by atoms with Gasteiger partial charge in [-0.15, -0.1) is 0 Å². The standard InChI is InChI=1S/C10H13NO2S/c1-2-5-14-7-9-4-3-8(6-11-9)10(12)13/h3-4,6H,2,5,7H2,1H3,(H,12,13). The van der Waals surface area contributed by atoms with Gasteiger partial charge in [0.05, 0.1) is 11.3 Å². The second-order valence-corrected chi connectivity index (χ2v) is 4.00. The first-order valence-corrected chi connectivity index (χ1v) is 5.65. The molecule has 1 N–H and O–H groups in total. The molecule has 4 heteroatoms. The Kier molecular flexibility index (Phi) is 4.46. The van der Waals surface area contributed by atoms with Crippen molar-refractivity contribution in [1.82, 2.24) is 4.98 Å². The number of carboxylic acid groups (broad SMARTS) is 1. The van der Waals surface area contributed by atoms with E-state index in [1.54, 1.807) is 12.1 Å². The molecule has 1 aromatic heterocycles. The molecule has 0 spiro atoms. The van der Waals surface area contributed by atoms with E-state index in [1.807, 2.05) is 11.8 Å². The lowest BCUT2D eigenvalue weighted by atomic mass is 10.2. The Morgan fingerprint density at radius 1 is 1.57 bits per heavy atom. The summed E-state index contributed by atoms with van der Waals surface area (Å²) in [5, 5.41) is 8.64. The smallest absolute Gasteiger partial charge is 0.337 e. The van der Waals surface area contributed by atoms with Gasteiger partial charge in [-0.1, -0.05) is 6.92 Å². The Balaban J connectivity index is 2.51. The van der Waals surface area contributed by atoms with Crippen LogP contribution in [0, 0.1) is 0 Å². The lowest BCUT2D eigenvalue weighted by molar-refractivity contribution is 0.0696. The van der Waals surface area contributed by atoms with Crippen LogP contribution >= 0.6 is 11.8 Å². The molecule has 0 amide bonds. The van der Waals surface area contributed by atoms with E-state index >= 15 is 0 Å². The molecule has 0 aromatic carbocycles. The molecule has 1 heterocycles. The van der Waals surface area contributed by atoms with Gasteiger partial charge in [0, 0.05) is 11.9 Å². The first-order valence-electron chi connectivity index (χ1n) is 4.50. The molecule has 0 fully saturated rings. The van der Waals surface area contributed by atoms with Crippen LogP contribution in [0.15, 0.2) is 18.3 Å². The summed E-state index contributed by atoms with van der Waals surface area (Å²) in [5.74, 6) is 1.04. The fourth-order valence-electron chi connectivity index (χ4n) is 0.957. The molecular formula is C10H13NO2S. The molecule has 14 heavy (non-hydrogen) atoms. The topological polar surface area (TPSA) is 50.2 Å². The van der Waals surface area contributed by atoms with Crippen LogP contribution in [-0.2, 0) is 5.75 Å². The van der Waals surface area contributed by atoms with Crippen LogP contribution in [0.1, 0.15) is 29.4 Å². The molecule has 76 valence electrons. The summed E-state index contributed by atoms with van der Waals surface area (Å²) in [5.41, 5.74) is 1.18. The minimum Gasteiger partial charge on any atom is -0.478 e. The van der Waals surface area contributed by atoms with Crippen LogP contribution < -0.4 is 0 Å². The normalized spacial score (nSPS) is 10.1. The van der Waals surface area contributed by atoms with Gasteiger partial charge in [0.1, 0.15) is 0 Å². The fraction of sp³-hybridized carbons (Fsp3) is 0.400. The van der Waals surface area contributed by atoms with Gasteiger partial charge >= 0.3 is 5.97 Å². The highest BCUT2D eigenvalue weighted by Gasteiger charge is 2.02. The summed E-state index contributed by atoms with van der Waals surface area (Å²) in [6.07, 6.45) is 2.56. The highest BCUT2D eigenvalue weighted by Crippen LogP contribution is 2.11. The number of hydrogen-bond acceptors (Lipinski definition) is 3. The van der Waals surface area contributed by atoms with Crippen molar-refractivity contribution in [3.8, 4) is 0 Å². The second kappa shape index (κ2) is 5.65. The fourth-order valence-corrected chi connectivity index (χ4v) is 1.77. The summed E-state index contributed by atoms with van der Waals surface area (Å²) in [7, 11) is 0. The Morgan fingerprint density at radius 2 is 2.36 bits per heavy atom. The zero-order chi connectivity index (χ0) is 10.4. The van der Waals surface area contributed by atoms with Crippen molar-refractivity contribution in [2.24, 2.45) is 0 Å². The van der Waals surface area contributed by atoms with Gasteiger partial charge in [-0.05, 0) is 24.3 Å². The quantitative estimate of drug-likeness (QED) is 0.760. The zero-order valence-electron chi connectivity index (χ0n) is 8.06. The predicted molar refractivity (Wildman–Crippen MR) is 57.6 cm³/mol. The molecule has 3 nitrogen and oxygen atoms in total. The van der Waals surface area contributed by atoms with Gasteiger partial charge in [-0.2, -0.15) is 11.8 Å². The van der Waals surface area contributed by atoms with Gasteiger partial charge in [-0.3, -0.25) is 4.98 Å². The van der Waals surface area contributed by atoms with E-state index in [4.69, 9.17) is 5.11 Å². The maximum Gasteiger partial charge on any atom is 0.337 e. The second-order valence-electron chi connectivity index (χ2n) is 2.90. The number of pyridine rings is 1. The third kappa shape index (κ3) is 3.38. The lowest BCUT2D eigenvalue weighted by Gasteiger charge is -1.99. The highest BCUT2D eigenvalue weighted by molar-refractivity contribution is 7.98. The molecule has 0 unspecified atom stereocenters. The summed E-state index contributed by atoms with van der Waals surface area (Å²) in [4.78, 5) is 14.6. The Hall–Kier alpha value is -1.03. The number of carboxylic acids is 1. The molecule has 0 atom stereocenters. The minimum atomic E-state index is -0.926. The third-order valence-electron chi connectivity index (χ3n) is 1.67. The summed E-state index contributed by atoms with van der Waals surface area (Å²) >= 11 is 1.81. The molecule has 0 saturated carbocycles. The van der Waals surface area contributed by atoms with Crippen LogP contribution in [0.2, 0.25) is 0 Å². The number of thioether (sulfide) groups is 1. The maximum absolute atomic E-state index is 10.5. The van der Waals surface area contributed by atoms with E-state index in [2.05, 4.69) is 11.9 Å². The SMILES string of the molecule is CCCSCc1ccc(C(=O)O)cn1. The van der Waals surface area contributed by atoms with Crippen molar-refractivity contribution in [2.75, 3.05) is 5.75 Å². The minimum absolute atomic E-state index is 0.245. The summed E-state index contributed by atoms with van der Waals surface area (Å²) in [6, 6.07) is 3.36. The van der Waals surface area contributed by atoms with Gasteiger partial charge < -0.3 is 5.11 Å². The van der Waals surface area contributed by atoms with Crippen molar-refractivity contribution in [3.63, 3.8) is 0 Å². The lowest BCUT2D eigenvalue weighted by Crippen LogP contribution is -1.98. The predicted octanol–water partition coefficient (Wildman–Crippen LogP) is 2.42. The number of hydrogen-bond donors (Lipinski definition) is 1. The third-order valence-corrected chi connectivity index (χ3v) is 2.87. The van der Waals surface area contributed by atoms with Crippen molar-refractivity contribution >= 4 is 17.7 Å².